The van der Waals surface area contributed by atoms with E-state index in [4.69, 9.17) is 4.84 Å². The van der Waals surface area contributed by atoms with E-state index >= 15 is 0 Å². The molecule has 0 spiro atoms. The summed E-state index contributed by atoms with van der Waals surface area (Å²) in [5, 5.41) is 12.0. The lowest BCUT2D eigenvalue weighted by molar-refractivity contribution is 0.174. The van der Waals surface area contributed by atoms with Gasteiger partial charge in [-0.2, -0.15) is 5.10 Å². The van der Waals surface area contributed by atoms with Crippen LogP contribution in [0.25, 0.3) is 10.9 Å². The van der Waals surface area contributed by atoms with Gasteiger partial charge in [0.25, 0.3) is 0 Å². The topological polar surface area (TPSA) is 50.3 Å². The van der Waals surface area contributed by atoms with Gasteiger partial charge in [0.1, 0.15) is 6.61 Å². The molecule has 1 aliphatic heterocycles. The Hall–Kier alpha value is -1.84. The van der Waals surface area contributed by atoms with Crippen LogP contribution >= 0.6 is 0 Å². The molecule has 0 atom stereocenters. The molecular formula is C10H9N3O. The summed E-state index contributed by atoms with van der Waals surface area (Å²) >= 11 is 0. The number of nitrogens with one attached hydrogen (secondary N) is 1. The number of H-pyrrole nitrogens is 1. The van der Waals surface area contributed by atoms with Crippen LogP contribution < -0.4 is 0 Å². The van der Waals surface area contributed by atoms with E-state index in [1.54, 1.807) is 0 Å². The minimum Gasteiger partial charge on any atom is -0.395 e. The standard InChI is InChI=1S/C10H9N3O/c1-2-9-8(6-11-12-9)5-7(1)10-3-4-14-13-10/h1-2,5-6H,3-4H2,(H,11,12). The fourth-order valence-electron chi connectivity index (χ4n) is 1.63. The SMILES string of the molecule is c1cc2[nH]ncc2cc1C1=NOCC1. The first-order valence-electron chi connectivity index (χ1n) is 4.56. The number of benzene rings is 1. The van der Waals surface area contributed by atoms with Crippen LogP contribution in [0, 0.1) is 0 Å². The second kappa shape index (κ2) is 2.83. The molecule has 0 fully saturated rings. The van der Waals surface area contributed by atoms with Gasteiger partial charge in [0.15, 0.2) is 0 Å². The maximum Gasteiger partial charge on any atom is 0.122 e. The average Bonchev–Trinajstić information content (AvgIpc) is 2.88. The van der Waals surface area contributed by atoms with E-state index < -0.39 is 0 Å². The van der Waals surface area contributed by atoms with Gasteiger partial charge in [0, 0.05) is 17.4 Å². The van der Waals surface area contributed by atoms with Crippen molar-refractivity contribution in [2.45, 2.75) is 6.42 Å². The molecule has 0 radical (unpaired) electrons. The van der Waals surface area contributed by atoms with Crippen molar-refractivity contribution < 1.29 is 4.84 Å². The quantitative estimate of drug-likeness (QED) is 0.738. The third-order valence-corrected chi connectivity index (χ3v) is 2.38. The Morgan fingerprint density at radius 2 is 2.36 bits per heavy atom. The van der Waals surface area contributed by atoms with E-state index in [0.717, 1.165) is 28.6 Å². The van der Waals surface area contributed by atoms with Gasteiger partial charge in [-0.05, 0) is 12.1 Å². The highest BCUT2D eigenvalue weighted by Crippen LogP contribution is 2.16. The van der Waals surface area contributed by atoms with Crippen molar-refractivity contribution in [2.24, 2.45) is 5.16 Å². The van der Waals surface area contributed by atoms with Crippen LogP contribution in [0.15, 0.2) is 29.6 Å². The molecule has 2 heterocycles. The summed E-state index contributed by atoms with van der Waals surface area (Å²) in [4.78, 5) is 4.97. The zero-order chi connectivity index (χ0) is 9.38. The molecule has 4 heteroatoms. The van der Waals surface area contributed by atoms with Crippen molar-refractivity contribution in [1.82, 2.24) is 10.2 Å². The predicted octanol–water partition coefficient (Wildman–Crippen LogP) is 1.69. The van der Waals surface area contributed by atoms with Crippen LogP contribution in [0.4, 0.5) is 0 Å². The molecule has 1 aliphatic rings. The fraction of sp³-hybridized carbons (Fsp3) is 0.200. The second-order valence-corrected chi connectivity index (χ2v) is 3.29. The van der Waals surface area contributed by atoms with Gasteiger partial charge < -0.3 is 4.84 Å². The lowest BCUT2D eigenvalue weighted by Gasteiger charge is -1.97. The highest BCUT2D eigenvalue weighted by atomic mass is 16.6. The number of hydrogen-bond donors (Lipinski definition) is 1. The van der Waals surface area contributed by atoms with E-state index in [0.29, 0.717) is 6.61 Å². The van der Waals surface area contributed by atoms with Gasteiger partial charge in [-0.25, -0.2) is 0 Å². The van der Waals surface area contributed by atoms with Crippen LogP contribution in [-0.2, 0) is 4.84 Å². The Morgan fingerprint density at radius 3 is 3.21 bits per heavy atom. The largest absolute Gasteiger partial charge is 0.395 e. The number of hydrogen-bond acceptors (Lipinski definition) is 3. The van der Waals surface area contributed by atoms with Gasteiger partial charge in [0.2, 0.25) is 0 Å². The minimum atomic E-state index is 0.693. The molecule has 0 amide bonds. The summed E-state index contributed by atoms with van der Waals surface area (Å²) in [6.45, 7) is 0.693. The molecule has 1 aromatic heterocycles. The zero-order valence-corrected chi connectivity index (χ0v) is 7.53. The lowest BCUT2D eigenvalue weighted by Crippen LogP contribution is -1.96. The lowest BCUT2D eigenvalue weighted by atomic mass is 10.1. The molecule has 2 aromatic rings. The van der Waals surface area contributed by atoms with Crippen molar-refractivity contribution in [2.75, 3.05) is 6.61 Å². The van der Waals surface area contributed by atoms with Crippen LogP contribution in [-0.4, -0.2) is 22.5 Å². The van der Waals surface area contributed by atoms with Gasteiger partial charge in [-0.15, -0.1) is 0 Å². The molecule has 70 valence electrons. The summed E-state index contributed by atoms with van der Waals surface area (Å²) in [6.07, 6.45) is 2.71. The van der Waals surface area contributed by atoms with Crippen LogP contribution in [0.3, 0.4) is 0 Å². The number of nitrogens with zero attached hydrogens (tertiary/aromatic N) is 2. The highest BCUT2D eigenvalue weighted by Gasteiger charge is 2.10. The van der Waals surface area contributed by atoms with E-state index in [2.05, 4.69) is 21.4 Å². The van der Waals surface area contributed by atoms with Gasteiger partial charge in [-0.3, -0.25) is 5.10 Å². The number of fused-ring (bicyclic) bond motifs is 1. The Morgan fingerprint density at radius 1 is 1.36 bits per heavy atom. The summed E-state index contributed by atoms with van der Waals surface area (Å²) in [5.41, 5.74) is 3.19. The first-order valence-corrected chi connectivity index (χ1v) is 4.56. The molecule has 0 saturated heterocycles. The molecule has 0 saturated carbocycles. The van der Waals surface area contributed by atoms with Gasteiger partial charge >= 0.3 is 0 Å². The second-order valence-electron chi connectivity index (χ2n) is 3.29. The first kappa shape index (κ1) is 7.55. The molecule has 1 aromatic carbocycles. The summed E-state index contributed by atoms with van der Waals surface area (Å²) in [6, 6.07) is 6.12. The van der Waals surface area contributed by atoms with E-state index in [1.165, 1.54) is 0 Å². The van der Waals surface area contributed by atoms with Crippen LogP contribution in [0.5, 0.6) is 0 Å². The highest BCUT2D eigenvalue weighted by molar-refractivity contribution is 6.03. The molecule has 3 rings (SSSR count). The van der Waals surface area contributed by atoms with Gasteiger partial charge in [-0.1, -0.05) is 11.2 Å². The number of aromatic nitrogens is 2. The third-order valence-electron chi connectivity index (χ3n) is 2.38. The van der Waals surface area contributed by atoms with E-state index in [9.17, 15) is 0 Å². The van der Waals surface area contributed by atoms with Crippen LogP contribution in [0.2, 0.25) is 0 Å². The first-order chi connectivity index (χ1) is 6.93. The maximum atomic E-state index is 4.97. The molecule has 14 heavy (non-hydrogen) atoms. The Bertz CT molecular complexity index is 501. The van der Waals surface area contributed by atoms with Crippen molar-refractivity contribution in [3.8, 4) is 0 Å². The Kier molecular flexibility index (Phi) is 1.53. The van der Waals surface area contributed by atoms with Crippen LogP contribution in [0.1, 0.15) is 12.0 Å². The monoisotopic (exact) mass is 187 g/mol. The Labute approximate surface area is 80.6 Å². The molecule has 0 bridgehead atoms. The van der Waals surface area contributed by atoms with Crippen molar-refractivity contribution >= 4 is 16.6 Å². The van der Waals surface area contributed by atoms with Crippen molar-refractivity contribution in [3.63, 3.8) is 0 Å². The van der Waals surface area contributed by atoms with E-state index in [1.807, 2.05) is 18.3 Å². The number of oxime groups is 1. The predicted molar refractivity (Wildman–Crippen MR) is 53.2 cm³/mol. The zero-order valence-electron chi connectivity index (χ0n) is 7.53. The number of aromatic amines is 1. The molecule has 4 nitrogen and oxygen atoms in total. The maximum absolute atomic E-state index is 4.97. The molecule has 0 aliphatic carbocycles. The third kappa shape index (κ3) is 1.08. The average molecular weight is 187 g/mol. The summed E-state index contributed by atoms with van der Waals surface area (Å²) in [5.74, 6) is 0. The fourth-order valence-corrected chi connectivity index (χ4v) is 1.63. The van der Waals surface area contributed by atoms with E-state index in [-0.39, 0.29) is 0 Å². The normalized spacial score (nSPS) is 15.6. The summed E-state index contributed by atoms with van der Waals surface area (Å²) in [7, 11) is 0. The van der Waals surface area contributed by atoms with Crippen molar-refractivity contribution in [3.05, 3.63) is 30.0 Å². The van der Waals surface area contributed by atoms with Gasteiger partial charge in [0.05, 0.1) is 17.4 Å². The number of rotatable bonds is 1. The smallest absolute Gasteiger partial charge is 0.122 e. The molecular weight excluding hydrogens is 178 g/mol. The molecule has 0 unspecified atom stereocenters. The van der Waals surface area contributed by atoms with Crippen molar-refractivity contribution in [1.29, 1.82) is 0 Å². The molecule has 1 N–H and O–H groups in total. The minimum absolute atomic E-state index is 0.693. The summed E-state index contributed by atoms with van der Waals surface area (Å²) < 4.78 is 0. The Balaban J connectivity index is 2.13.